The van der Waals surface area contributed by atoms with Crippen LogP contribution in [0, 0.1) is 0 Å². The van der Waals surface area contributed by atoms with Crippen molar-refractivity contribution in [3.63, 3.8) is 0 Å². The lowest BCUT2D eigenvalue weighted by molar-refractivity contribution is -0.0441. The van der Waals surface area contributed by atoms with Gasteiger partial charge in [0.25, 0.3) is 0 Å². The highest BCUT2D eigenvalue weighted by atomic mass is 28.2. The van der Waals surface area contributed by atoms with Crippen molar-refractivity contribution < 1.29 is 14.6 Å². The molecule has 90 valence electrons. The Hall–Kier alpha value is 0.0969. The van der Waals surface area contributed by atoms with Crippen molar-refractivity contribution in [3.8, 4) is 0 Å². The van der Waals surface area contributed by atoms with Crippen LogP contribution in [0.2, 0.25) is 6.04 Å². The lowest BCUT2D eigenvalue weighted by atomic mass is 10.1. The van der Waals surface area contributed by atoms with E-state index in [0.717, 1.165) is 22.4 Å². The van der Waals surface area contributed by atoms with Gasteiger partial charge in [0.05, 0.1) is 0 Å². The van der Waals surface area contributed by atoms with Crippen LogP contribution in [0.3, 0.4) is 0 Å². The summed E-state index contributed by atoms with van der Waals surface area (Å²) in [5, 5.41) is 8.60. The lowest BCUT2D eigenvalue weighted by Crippen LogP contribution is -2.20. The Balaban J connectivity index is 3.04. The highest BCUT2D eigenvalue weighted by Gasteiger charge is 2.04. The Labute approximate surface area is 96.0 Å². The molecule has 0 saturated carbocycles. The minimum atomic E-state index is -0.000566. The van der Waals surface area contributed by atoms with Gasteiger partial charge in [0.2, 0.25) is 0 Å². The van der Waals surface area contributed by atoms with E-state index in [-0.39, 0.29) is 5.91 Å². The third-order valence-corrected chi connectivity index (χ3v) is 3.77. The summed E-state index contributed by atoms with van der Waals surface area (Å²) < 4.78 is 10.2. The van der Waals surface area contributed by atoms with Crippen LogP contribution >= 0.6 is 0 Å². The normalized spacial score (nSPS) is 11.2. The second-order valence-corrected chi connectivity index (χ2v) is 4.98. The van der Waals surface area contributed by atoms with Crippen LogP contribution in [-0.4, -0.2) is 41.4 Å². The van der Waals surface area contributed by atoms with Crippen LogP contribution in [0.4, 0.5) is 0 Å². The third kappa shape index (κ3) is 10.4. The molecule has 2 radical (unpaired) electrons. The van der Waals surface area contributed by atoms with Gasteiger partial charge < -0.3 is 14.6 Å². The number of methoxy groups -OCH3 is 2. The molecule has 0 aromatic carbocycles. The number of aliphatic hydroxyl groups excluding tert-OH is 1. The smallest absolute Gasteiger partial charge is 0.136 e. The van der Waals surface area contributed by atoms with Gasteiger partial charge in [-0.05, 0) is 6.42 Å². The molecule has 0 unspecified atom stereocenters. The van der Waals surface area contributed by atoms with E-state index in [1.54, 1.807) is 14.2 Å². The SMILES string of the molecule is COC(OC)[Si]CCCCCCCCO. The van der Waals surface area contributed by atoms with Gasteiger partial charge in [-0.2, -0.15) is 0 Å². The van der Waals surface area contributed by atoms with Gasteiger partial charge in [-0.1, -0.05) is 38.1 Å². The van der Waals surface area contributed by atoms with Gasteiger partial charge in [0.15, 0.2) is 0 Å². The molecule has 0 aromatic heterocycles. The van der Waals surface area contributed by atoms with Crippen molar-refractivity contribution in [2.24, 2.45) is 0 Å². The molecule has 0 fully saturated rings. The van der Waals surface area contributed by atoms with E-state index in [4.69, 9.17) is 14.6 Å². The zero-order chi connectivity index (χ0) is 11.4. The third-order valence-electron chi connectivity index (χ3n) is 2.32. The Morgan fingerprint density at radius 2 is 1.47 bits per heavy atom. The second kappa shape index (κ2) is 12.2. The summed E-state index contributed by atoms with van der Waals surface area (Å²) in [6, 6.07) is 1.20. The molecule has 4 heteroatoms. The van der Waals surface area contributed by atoms with Crippen LogP contribution < -0.4 is 0 Å². The van der Waals surface area contributed by atoms with Crippen LogP contribution in [0.15, 0.2) is 0 Å². The number of hydrogen-bond donors (Lipinski definition) is 1. The molecular formula is C11H24O3Si. The first kappa shape index (κ1) is 15.1. The molecule has 0 heterocycles. The van der Waals surface area contributed by atoms with Crippen molar-refractivity contribution >= 4 is 9.52 Å². The maximum Gasteiger partial charge on any atom is 0.136 e. The second-order valence-electron chi connectivity index (χ2n) is 3.60. The number of hydrogen-bond acceptors (Lipinski definition) is 3. The van der Waals surface area contributed by atoms with E-state index >= 15 is 0 Å². The molecule has 0 amide bonds. The Morgan fingerprint density at radius 3 is 2.00 bits per heavy atom. The van der Waals surface area contributed by atoms with E-state index in [2.05, 4.69) is 0 Å². The zero-order valence-electron chi connectivity index (χ0n) is 10.00. The van der Waals surface area contributed by atoms with Gasteiger partial charge in [-0.15, -0.1) is 0 Å². The van der Waals surface area contributed by atoms with Gasteiger partial charge >= 0.3 is 0 Å². The predicted molar refractivity (Wildman–Crippen MR) is 63.2 cm³/mol. The van der Waals surface area contributed by atoms with E-state index in [9.17, 15) is 0 Å². The summed E-state index contributed by atoms with van der Waals surface area (Å²) in [6.45, 7) is 0.338. The largest absolute Gasteiger partial charge is 0.396 e. The fraction of sp³-hybridized carbons (Fsp3) is 1.00. The number of aliphatic hydroxyl groups is 1. The van der Waals surface area contributed by atoms with Gasteiger partial charge in [-0.3, -0.25) is 0 Å². The molecular weight excluding hydrogens is 208 g/mol. The van der Waals surface area contributed by atoms with E-state index in [1.807, 2.05) is 0 Å². The Kier molecular flexibility index (Phi) is 12.2. The summed E-state index contributed by atoms with van der Waals surface area (Å²) in [7, 11) is 4.13. The molecule has 0 bridgehead atoms. The molecule has 0 aliphatic carbocycles. The van der Waals surface area contributed by atoms with Gasteiger partial charge in [0, 0.05) is 20.8 Å². The Bertz CT molecular complexity index is 118. The van der Waals surface area contributed by atoms with Crippen molar-refractivity contribution in [2.75, 3.05) is 20.8 Å². The number of unbranched alkanes of at least 4 members (excludes halogenated alkanes) is 5. The fourth-order valence-corrected chi connectivity index (χ4v) is 2.45. The standard InChI is InChI=1S/C11H24O3Si/c1-13-11(14-2)15-10-8-6-4-3-5-7-9-12/h11-12H,3-10H2,1-2H3. The van der Waals surface area contributed by atoms with Gasteiger partial charge in [0.1, 0.15) is 15.4 Å². The average molecular weight is 232 g/mol. The highest BCUT2D eigenvalue weighted by molar-refractivity contribution is 6.36. The van der Waals surface area contributed by atoms with E-state index in [1.165, 1.54) is 31.7 Å². The maximum absolute atomic E-state index is 8.60. The Morgan fingerprint density at radius 1 is 0.933 bits per heavy atom. The van der Waals surface area contributed by atoms with Crippen molar-refractivity contribution in [1.29, 1.82) is 0 Å². The van der Waals surface area contributed by atoms with Crippen LogP contribution in [0.5, 0.6) is 0 Å². The van der Waals surface area contributed by atoms with Crippen molar-refractivity contribution in [1.82, 2.24) is 0 Å². The van der Waals surface area contributed by atoms with E-state index in [0.29, 0.717) is 6.61 Å². The van der Waals surface area contributed by atoms with Crippen LogP contribution in [0.25, 0.3) is 0 Å². The molecule has 0 spiro atoms. The minimum absolute atomic E-state index is 0.000566. The lowest BCUT2D eigenvalue weighted by Gasteiger charge is -2.11. The molecule has 1 N–H and O–H groups in total. The first-order valence-corrected chi connectivity index (χ1v) is 7.03. The zero-order valence-corrected chi connectivity index (χ0v) is 11.0. The average Bonchev–Trinajstić information content (AvgIpc) is 2.27. The van der Waals surface area contributed by atoms with Crippen molar-refractivity contribution in [3.05, 3.63) is 0 Å². The number of rotatable bonds is 11. The summed E-state index contributed by atoms with van der Waals surface area (Å²) in [5.41, 5.74) is 0. The summed E-state index contributed by atoms with van der Waals surface area (Å²) in [5.74, 6) is -0.000566. The molecule has 0 aliphatic rings. The molecule has 0 aliphatic heterocycles. The fourth-order valence-electron chi connectivity index (χ4n) is 1.43. The van der Waals surface area contributed by atoms with Gasteiger partial charge in [-0.25, -0.2) is 0 Å². The maximum atomic E-state index is 8.60. The molecule has 0 rings (SSSR count). The molecule has 0 atom stereocenters. The topological polar surface area (TPSA) is 38.7 Å². The first-order valence-electron chi connectivity index (χ1n) is 5.75. The van der Waals surface area contributed by atoms with Crippen LogP contribution in [-0.2, 0) is 9.47 Å². The highest BCUT2D eigenvalue weighted by Crippen LogP contribution is 2.07. The first-order chi connectivity index (χ1) is 7.35. The minimum Gasteiger partial charge on any atom is -0.396 e. The molecule has 3 nitrogen and oxygen atoms in total. The quantitative estimate of drug-likeness (QED) is 0.336. The summed E-state index contributed by atoms with van der Waals surface area (Å²) >= 11 is 0. The summed E-state index contributed by atoms with van der Waals surface area (Å²) in [6.07, 6.45) is 7.21. The van der Waals surface area contributed by atoms with E-state index < -0.39 is 0 Å². The molecule has 15 heavy (non-hydrogen) atoms. The van der Waals surface area contributed by atoms with Crippen molar-refractivity contribution in [2.45, 2.75) is 50.5 Å². The monoisotopic (exact) mass is 232 g/mol. The summed E-state index contributed by atoms with van der Waals surface area (Å²) in [4.78, 5) is 0. The number of ether oxygens (including phenoxy) is 2. The predicted octanol–water partition coefficient (Wildman–Crippen LogP) is 2.02. The van der Waals surface area contributed by atoms with Crippen LogP contribution in [0.1, 0.15) is 38.5 Å². The molecule has 0 aromatic rings. The molecule has 0 saturated heterocycles.